The Morgan fingerprint density at radius 3 is 2.42 bits per heavy atom. The van der Waals surface area contributed by atoms with Crippen molar-refractivity contribution in [3.63, 3.8) is 0 Å². The molecular weight excluding hydrogens is 384 g/mol. The van der Waals surface area contributed by atoms with Gasteiger partial charge >= 0.3 is 0 Å². The maximum absolute atomic E-state index is 13.2. The second kappa shape index (κ2) is 9.44. The molecule has 0 saturated carbocycles. The monoisotopic (exact) mass is 420 g/mol. The van der Waals surface area contributed by atoms with Gasteiger partial charge in [-0.05, 0) is 57.3 Å². The third-order valence-electron chi connectivity index (χ3n) is 7.29. The number of carbonyl (C=O) groups excluding carboxylic acids is 1. The normalized spacial score (nSPS) is 21.2. The van der Waals surface area contributed by atoms with Crippen LogP contribution >= 0.6 is 0 Å². The third kappa shape index (κ3) is 4.95. The van der Waals surface area contributed by atoms with Crippen molar-refractivity contribution in [3.8, 4) is 5.75 Å². The highest BCUT2D eigenvalue weighted by Crippen LogP contribution is 2.42. The standard InChI is InChI=1S/C27H36N2O2/c1-4-27(5-2)18-24(23-8-6-7-9-25(23)31-27)28-26(30)22-14-16-29(17-15-22)19-21-12-10-20(3)11-13-21/h6-13,22,24H,4-5,14-19H2,1-3H3,(H,28,30). The van der Waals surface area contributed by atoms with Crippen LogP contribution in [-0.4, -0.2) is 29.5 Å². The Hall–Kier alpha value is -2.33. The number of ether oxygens (including phenoxy) is 1. The predicted molar refractivity (Wildman–Crippen MR) is 125 cm³/mol. The van der Waals surface area contributed by atoms with E-state index in [-0.39, 0.29) is 23.5 Å². The van der Waals surface area contributed by atoms with Crippen LogP contribution in [-0.2, 0) is 11.3 Å². The van der Waals surface area contributed by atoms with Crippen molar-refractivity contribution < 1.29 is 9.53 Å². The van der Waals surface area contributed by atoms with Crippen LogP contribution in [0, 0.1) is 12.8 Å². The molecule has 0 aliphatic carbocycles. The minimum absolute atomic E-state index is 0.0305. The molecule has 1 N–H and O–H groups in total. The van der Waals surface area contributed by atoms with E-state index in [9.17, 15) is 4.79 Å². The molecule has 0 bridgehead atoms. The van der Waals surface area contributed by atoms with E-state index in [4.69, 9.17) is 4.74 Å². The Morgan fingerprint density at radius 2 is 1.74 bits per heavy atom. The molecule has 1 amide bonds. The Bertz CT molecular complexity index is 880. The van der Waals surface area contributed by atoms with Crippen LogP contribution in [0.2, 0.25) is 0 Å². The molecule has 1 atom stereocenters. The van der Waals surface area contributed by atoms with E-state index in [1.807, 2.05) is 18.2 Å². The molecule has 31 heavy (non-hydrogen) atoms. The van der Waals surface area contributed by atoms with Crippen molar-refractivity contribution in [2.24, 2.45) is 5.92 Å². The number of rotatable bonds is 6. The number of benzene rings is 2. The molecule has 2 aliphatic rings. The fourth-order valence-corrected chi connectivity index (χ4v) is 5.02. The second-order valence-corrected chi connectivity index (χ2v) is 9.33. The summed E-state index contributed by atoms with van der Waals surface area (Å²) < 4.78 is 6.40. The van der Waals surface area contributed by atoms with Gasteiger partial charge in [0.1, 0.15) is 11.4 Å². The number of fused-ring (bicyclic) bond motifs is 1. The van der Waals surface area contributed by atoms with Gasteiger partial charge in [-0.3, -0.25) is 9.69 Å². The smallest absolute Gasteiger partial charge is 0.223 e. The first-order valence-electron chi connectivity index (χ1n) is 11.9. The first kappa shape index (κ1) is 21.9. The van der Waals surface area contributed by atoms with E-state index in [0.29, 0.717) is 0 Å². The van der Waals surface area contributed by atoms with E-state index in [2.05, 4.69) is 61.3 Å². The van der Waals surface area contributed by atoms with Gasteiger partial charge in [0.2, 0.25) is 5.91 Å². The lowest BCUT2D eigenvalue weighted by Gasteiger charge is -2.42. The minimum atomic E-state index is -0.191. The van der Waals surface area contributed by atoms with E-state index in [1.54, 1.807) is 0 Å². The molecule has 1 fully saturated rings. The van der Waals surface area contributed by atoms with E-state index in [1.165, 1.54) is 11.1 Å². The maximum atomic E-state index is 13.2. The highest BCUT2D eigenvalue weighted by Gasteiger charge is 2.39. The largest absolute Gasteiger partial charge is 0.487 e. The fourth-order valence-electron chi connectivity index (χ4n) is 5.02. The minimum Gasteiger partial charge on any atom is -0.487 e. The first-order valence-corrected chi connectivity index (χ1v) is 11.9. The van der Waals surface area contributed by atoms with Crippen molar-refractivity contribution in [2.45, 2.75) is 71.1 Å². The molecule has 4 nitrogen and oxygen atoms in total. The number of carbonyl (C=O) groups is 1. The van der Waals surface area contributed by atoms with Gasteiger partial charge in [0.25, 0.3) is 0 Å². The van der Waals surface area contributed by atoms with Gasteiger partial charge < -0.3 is 10.1 Å². The Labute approximate surface area is 187 Å². The summed E-state index contributed by atoms with van der Waals surface area (Å²) in [6, 6.07) is 17.0. The Morgan fingerprint density at radius 1 is 1.06 bits per heavy atom. The number of hydrogen-bond acceptors (Lipinski definition) is 3. The van der Waals surface area contributed by atoms with Crippen LogP contribution in [0.15, 0.2) is 48.5 Å². The summed E-state index contributed by atoms with van der Waals surface area (Å²) in [7, 11) is 0. The van der Waals surface area contributed by atoms with Crippen LogP contribution in [0.25, 0.3) is 0 Å². The molecule has 0 radical (unpaired) electrons. The van der Waals surface area contributed by atoms with Gasteiger partial charge in [-0.2, -0.15) is 0 Å². The lowest BCUT2D eigenvalue weighted by Crippen LogP contribution is -2.47. The summed E-state index contributed by atoms with van der Waals surface area (Å²) in [6.07, 6.45) is 4.59. The average molecular weight is 421 g/mol. The van der Waals surface area contributed by atoms with Crippen molar-refractivity contribution in [1.82, 2.24) is 10.2 Å². The number of piperidine rings is 1. The van der Waals surface area contributed by atoms with Crippen LogP contribution < -0.4 is 10.1 Å². The van der Waals surface area contributed by atoms with Crippen LogP contribution in [0.3, 0.4) is 0 Å². The third-order valence-corrected chi connectivity index (χ3v) is 7.29. The fraction of sp³-hybridized carbons (Fsp3) is 0.519. The molecule has 0 aromatic heterocycles. The molecule has 0 spiro atoms. The summed E-state index contributed by atoms with van der Waals surface area (Å²) in [4.78, 5) is 15.7. The number of aryl methyl sites for hydroxylation is 1. The lowest BCUT2D eigenvalue weighted by molar-refractivity contribution is -0.128. The van der Waals surface area contributed by atoms with Crippen LogP contribution in [0.5, 0.6) is 5.75 Å². The first-order chi connectivity index (χ1) is 15.0. The Kier molecular flexibility index (Phi) is 6.66. The summed E-state index contributed by atoms with van der Waals surface area (Å²) in [5, 5.41) is 3.40. The zero-order valence-electron chi connectivity index (χ0n) is 19.2. The van der Waals surface area contributed by atoms with Gasteiger partial charge in [-0.15, -0.1) is 0 Å². The summed E-state index contributed by atoms with van der Waals surface area (Å²) in [5.74, 6) is 1.23. The quantitative estimate of drug-likeness (QED) is 0.680. The number of hydrogen-bond donors (Lipinski definition) is 1. The number of para-hydroxylation sites is 1. The highest BCUT2D eigenvalue weighted by molar-refractivity contribution is 5.79. The van der Waals surface area contributed by atoms with Gasteiger partial charge in [-0.25, -0.2) is 0 Å². The van der Waals surface area contributed by atoms with Crippen molar-refractivity contribution in [1.29, 1.82) is 0 Å². The topological polar surface area (TPSA) is 41.6 Å². The van der Waals surface area contributed by atoms with Crippen LogP contribution in [0.4, 0.5) is 0 Å². The number of nitrogens with one attached hydrogen (secondary N) is 1. The van der Waals surface area contributed by atoms with Gasteiger partial charge in [-0.1, -0.05) is 61.9 Å². The Balaban J connectivity index is 1.36. The number of likely N-dealkylation sites (tertiary alicyclic amines) is 1. The zero-order valence-corrected chi connectivity index (χ0v) is 19.2. The summed E-state index contributed by atoms with van der Waals surface area (Å²) >= 11 is 0. The molecule has 2 aromatic carbocycles. The molecule has 166 valence electrons. The molecule has 1 saturated heterocycles. The molecule has 1 unspecified atom stereocenters. The van der Waals surface area contributed by atoms with Gasteiger partial charge in [0, 0.05) is 24.4 Å². The summed E-state index contributed by atoms with van der Waals surface area (Å²) in [6.45, 7) is 9.40. The van der Waals surface area contributed by atoms with Crippen LogP contribution in [0.1, 0.15) is 68.7 Å². The molecule has 4 heteroatoms. The number of nitrogens with zero attached hydrogens (tertiary/aromatic N) is 1. The molecule has 2 heterocycles. The maximum Gasteiger partial charge on any atom is 0.223 e. The van der Waals surface area contributed by atoms with E-state index < -0.39 is 0 Å². The van der Waals surface area contributed by atoms with E-state index >= 15 is 0 Å². The van der Waals surface area contributed by atoms with Gasteiger partial charge in [0.05, 0.1) is 6.04 Å². The predicted octanol–water partition coefficient (Wildman–Crippen LogP) is 5.41. The molecule has 2 aliphatic heterocycles. The van der Waals surface area contributed by atoms with E-state index in [0.717, 1.165) is 63.1 Å². The number of amides is 1. The van der Waals surface area contributed by atoms with Crippen molar-refractivity contribution in [2.75, 3.05) is 13.1 Å². The average Bonchev–Trinajstić information content (AvgIpc) is 2.81. The SMILES string of the molecule is CCC1(CC)CC(NC(=O)C2CCN(Cc3ccc(C)cc3)CC2)c2ccccc2O1. The zero-order chi connectivity index (χ0) is 21.8. The summed E-state index contributed by atoms with van der Waals surface area (Å²) in [5.41, 5.74) is 3.57. The molecule has 4 rings (SSSR count). The second-order valence-electron chi connectivity index (χ2n) is 9.33. The molecular formula is C27H36N2O2. The van der Waals surface area contributed by atoms with Crippen molar-refractivity contribution >= 4 is 5.91 Å². The van der Waals surface area contributed by atoms with Crippen molar-refractivity contribution in [3.05, 3.63) is 65.2 Å². The molecule has 2 aromatic rings. The van der Waals surface area contributed by atoms with Gasteiger partial charge in [0.15, 0.2) is 0 Å². The lowest BCUT2D eigenvalue weighted by atomic mass is 9.83. The highest BCUT2D eigenvalue weighted by atomic mass is 16.5.